The Kier molecular flexibility index (Phi) is 5.13. The summed E-state index contributed by atoms with van der Waals surface area (Å²) >= 11 is 1.86. The van der Waals surface area contributed by atoms with E-state index in [0.717, 1.165) is 43.7 Å². The Hall–Kier alpha value is -0.260. The lowest BCUT2D eigenvalue weighted by Crippen LogP contribution is -2.50. The van der Waals surface area contributed by atoms with E-state index in [0.29, 0.717) is 0 Å². The topological polar surface area (TPSA) is 44.4 Å². The summed E-state index contributed by atoms with van der Waals surface area (Å²) in [7, 11) is 0. The third-order valence-electron chi connectivity index (χ3n) is 3.41. The van der Waals surface area contributed by atoms with Gasteiger partial charge in [0.25, 0.3) is 0 Å². The zero-order valence-corrected chi connectivity index (χ0v) is 11.4. The molecule has 2 rings (SSSR count). The molecule has 1 amide bonds. The van der Waals surface area contributed by atoms with E-state index >= 15 is 0 Å². The van der Waals surface area contributed by atoms with E-state index in [2.05, 4.69) is 22.5 Å². The molecule has 0 bridgehead atoms. The Morgan fingerprint density at radius 1 is 1.53 bits per heavy atom. The molecule has 4 nitrogen and oxygen atoms in total. The van der Waals surface area contributed by atoms with Gasteiger partial charge in [-0.1, -0.05) is 6.92 Å². The predicted molar refractivity (Wildman–Crippen MR) is 72.4 cm³/mol. The molecule has 0 aromatic heterocycles. The van der Waals surface area contributed by atoms with Gasteiger partial charge in [0.1, 0.15) is 0 Å². The van der Waals surface area contributed by atoms with Crippen LogP contribution in [0.5, 0.6) is 0 Å². The number of hydrogen-bond donors (Lipinski definition) is 2. The summed E-state index contributed by atoms with van der Waals surface area (Å²) in [6.07, 6.45) is 2.67. The van der Waals surface area contributed by atoms with Crippen LogP contribution in [0.15, 0.2) is 0 Å². The van der Waals surface area contributed by atoms with Gasteiger partial charge in [0.2, 0.25) is 5.91 Å². The number of nitrogens with one attached hydrogen (secondary N) is 2. The minimum absolute atomic E-state index is 0.0183. The maximum Gasteiger partial charge on any atom is 0.238 e. The first kappa shape index (κ1) is 13.2. The normalized spacial score (nSPS) is 24.9. The molecule has 1 atom stereocenters. The minimum atomic E-state index is 0.0183. The van der Waals surface area contributed by atoms with E-state index in [1.54, 1.807) is 0 Å². The first-order chi connectivity index (χ1) is 8.31. The molecular formula is C12H23N3OS. The lowest BCUT2D eigenvalue weighted by atomic mass is 10.3. The number of carbonyl (C=O) groups is 1. The number of carbonyl (C=O) groups excluding carboxylic acids is 1. The maximum absolute atomic E-state index is 11.8. The number of thioether (sulfide) groups is 1. The Labute approximate surface area is 108 Å². The summed E-state index contributed by atoms with van der Waals surface area (Å²) < 4.78 is 0. The zero-order chi connectivity index (χ0) is 12.1. The second-order valence-electron chi connectivity index (χ2n) is 4.73. The summed E-state index contributed by atoms with van der Waals surface area (Å²) in [5.41, 5.74) is 0. The first-order valence-corrected chi connectivity index (χ1v) is 7.79. The minimum Gasteiger partial charge on any atom is -0.353 e. The molecule has 1 saturated carbocycles. The summed E-state index contributed by atoms with van der Waals surface area (Å²) in [4.78, 5) is 14.3. The molecule has 17 heavy (non-hydrogen) atoms. The van der Waals surface area contributed by atoms with Gasteiger partial charge in [-0.25, -0.2) is 0 Å². The van der Waals surface area contributed by atoms with Crippen LogP contribution in [0.4, 0.5) is 0 Å². The highest BCUT2D eigenvalue weighted by molar-refractivity contribution is 7.99. The van der Waals surface area contributed by atoms with Crippen molar-refractivity contribution in [1.82, 2.24) is 15.5 Å². The van der Waals surface area contributed by atoms with Gasteiger partial charge in [0.05, 0.1) is 6.04 Å². The van der Waals surface area contributed by atoms with Gasteiger partial charge in [-0.15, -0.1) is 0 Å². The SMILES string of the molecule is CCN(CCNC(=O)C1CSCCN1)C1CC1. The van der Waals surface area contributed by atoms with E-state index in [1.807, 2.05) is 11.8 Å². The highest BCUT2D eigenvalue weighted by Gasteiger charge is 2.27. The van der Waals surface area contributed by atoms with Crippen LogP contribution in [0, 0.1) is 0 Å². The van der Waals surface area contributed by atoms with Crippen molar-refractivity contribution in [2.24, 2.45) is 0 Å². The summed E-state index contributed by atoms with van der Waals surface area (Å²) in [6, 6.07) is 0.810. The van der Waals surface area contributed by atoms with Crippen molar-refractivity contribution in [1.29, 1.82) is 0 Å². The van der Waals surface area contributed by atoms with Crippen molar-refractivity contribution in [2.45, 2.75) is 31.8 Å². The van der Waals surface area contributed by atoms with Crippen molar-refractivity contribution >= 4 is 17.7 Å². The van der Waals surface area contributed by atoms with Crippen molar-refractivity contribution in [3.8, 4) is 0 Å². The smallest absolute Gasteiger partial charge is 0.238 e. The third kappa shape index (κ3) is 4.16. The molecule has 1 aliphatic carbocycles. The summed E-state index contributed by atoms with van der Waals surface area (Å²) in [5, 5.41) is 6.30. The van der Waals surface area contributed by atoms with Crippen LogP contribution >= 0.6 is 11.8 Å². The monoisotopic (exact) mass is 257 g/mol. The molecule has 1 saturated heterocycles. The fraction of sp³-hybridized carbons (Fsp3) is 0.917. The Morgan fingerprint density at radius 2 is 2.35 bits per heavy atom. The fourth-order valence-electron chi connectivity index (χ4n) is 2.22. The van der Waals surface area contributed by atoms with Gasteiger partial charge < -0.3 is 10.6 Å². The molecule has 2 aliphatic rings. The Bertz CT molecular complexity index is 252. The van der Waals surface area contributed by atoms with Crippen LogP contribution in [0.3, 0.4) is 0 Å². The first-order valence-electron chi connectivity index (χ1n) is 6.64. The molecule has 5 heteroatoms. The molecule has 1 unspecified atom stereocenters. The average Bonchev–Trinajstić information content (AvgIpc) is 3.20. The van der Waals surface area contributed by atoms with E-state index < -0.39 is 0 Å². The van der Waals surface area contributed by atoms with E-state index in [9.17, 15) is 4.79 Å². The van der Waals surface area contributed by atoms with Crippen LogP contribution in [0.2, 0.25) is 0 Å². The number of likely N-dealkylation sites (N-methyl/N-ethyl adjacent to an activating group) is 1. The van der Waals surface area contributed by atoms with Crippen molar-refractivity contribution in [3.63, 3.8) is 0 Å². The lowest BCUT2D eigenvalue weighted by molar-refractivity contribution is -0.122. The van der Waals surface area contributed by atoms with E-state index in [1.165, 1.54) is 12.8 Å². The molecule has 2 fully saturated rings. The molecule has 0 aromatic carbocycles. The zero-order valence-electron chi connectivity index (χ0n) is 10.6. The molecule has 0 radical (unpaired) electrons. The van der Waals surface area contributed by atoms with Gasteiger partial charge >= 0.3 is 0 Å². The molecule has 2 N–H and O–H groups in total. The number of nitrogens with zero attached hydrogens (tertiary/aromatic N) is 1. The Morgan fingerprint density at radius 3 is 2.94 bits per heavy atom. The van der Waals surface area contributed by atoms with Crippen LogP contribution in [-0.2, 0) is 4.79 Å². The van der Waals surface area contributed by atoms with Gasteiger partial charge in [0, 0.05) is 37.2 Å². The highest BCUT2D eigenvalue weighted by Crippen LogP contribution is 2.25. The molecule has 1 aliphatic heterocycles. The van der Waals surface area contributed by atoms with Crippen molar-refractivity contribution in [3.05, 3.63) is 0 Å². The molecular weight excluding hydrogens is 234 g/mol. The quantitative estimate of drug-likeness (QED) is 0.718. The summed E-state index contributed by atoms with van der Waals surface area (Å²) in [6.45, 7) is 6.02. The second kappa shape index (κ2) is 6.61. The molecule has 0 spiro atoms. The lowest BCUT2D eigenvalue weighted by Gasteiger charge is -2.24. The Balaban J connectivity index is 1.61. The second-order valence-corrected chi connectivity index (χ2v) is 5.88. The molecule has 98 valence electrons. The summed E-state index contributed by atoms with van der Waals surface area (Å²) in [5.74, 6) is 2.20. The van der Waals surface area contributed by atoms with Crippen LogP contribution < -0.4 is 10.6 Å². The van der Waals surface area contributed by atoms with Gasteiger partial charge in [-0.3, -0.25) is 9.69 Å². The maximum atomic E-state index is 11.8. The number of rotatable bonds is 6. The van der Waals surface area contributed by atoms with Crippen LogP contribution in [0.25, 0.3) is 0 Å². The third-order valence-corrected chi connectivity index (χ3v) is 4.47. The van der Waals surface area contributed by atoms with E-state index in [-0.39, 0.29) is 11.9 Å². The number of amides is 1. The van der Waals surface area contributed by atoms with E-state index in [4.69, 9.17) is 0 Å². The number of hydrogen-bond acceptors (Lipinski definition) is 4. The van der Waals surface area contributed by atoms with Crippen molar-refractivity contribution < 1.29 is 4.79 Å². The van der Waals surface area contributed by atoms with Crippen LogP contribution in [-0.4, -0.2) is 60.6 Å². The van der Waals surface area contributed by atoms with Gasteiger partial charge in [0.15, 0.2) is 0 Å². The van der Waals surface area contributed by atoms with Crippen molar-refractivity contribution in [2.75, 3.05) is 37.7 Å². The predicted octanol–water partition coefficient (Wildman–Crippen LogP) is 0.292. The highest BCUT2D eigenvalue weighted by atomic mass is 32.2. The fourth-order valence-corrected chi connectivity index (χ4v) is 3.15. The van der Waals surface area contributed by atoms with Crippen LogP contribution in [0.1, 0.15) is 19.8 Å². The van der Waals surface area contributed by atoms with Gasteiger partial charge in [-0.2, -0.15) is 11.8 Å². The van der Waals surface area contributed by atoms with Gasteiger partial charge in [-0.05, 0) is 19.4 Å². The standard InChI is InChI=1S/C12H23N3OS/c1-2-15(10-3-4-10)7-5-14-12(16)11-9-17-8-6-13-11/h10-11,13H,2-9H2,1H3,(H,14,16). The molecule has 1 heterocycles. The molecule has 0 aromatic rings. The average molecular weight is 257 g/mol. The largest absolute Gasteiger partial charge is 0.353 e.